The lowest BCUT2D eigenvalue weighted by molar-refractivity contribution is 0.552. The third-order valence-corrected chi connectivity index (χ3v) is 3.11. The molecule has 96 valence electrons. The van der Waals surface area contributed by atoms with E-state index in [1.165, 1.54) is 11.1 Å². The minimum absolute atomic E-state index is 0.0570. The van der Waals surface area contributed by atoms with E-state index in [1.54, 1.807) is 0 Å². The molecule has 0 spiro atoms. The Morgan fingerprint density at radius 3 is 2.47 bits per heavy atom. The van der Waals surface area contributed by atoms with Crippen molar-refractivity contribution in [2.24, 2.45) is 13.0 Å². The normalized spacial score (nSPS) is 13.5. The standard InChI is InChI=1S/C14H23ClN2/c1-10(2)11(8-15)7-12-9-17(6)16-13(12)14(3,4)5/h7,9-10H,8H2,1-6H3. The summed E-state index contributed by atoms with van der Waals surface area (Å²) in [5.41, 5.74) is 3.62. The molecule has 1 aromatic rings. The summed E-state index contributed by atoms with van der Waals surface area (Å²) in [5.74, 6) is 1.05. The van der Waals surface area contributed by atoms with Gasteiger partial charge in [-0.3, -0.25) is 4.68 Å². The molecule has 0 radical (unpaired) electrons. The van der Waals surface area contributed by atoms with E-state index in [-0.39, 0.29) is 5.41 Å². The maximum atomic E-state index is 5.99. The molecule has 1 heterocycles. The lowest BCUT2D eigenvalue weighted by atomic mass is 9.88. The van der Waals surface area contributed by atoms with Crippen LogP contribution < -0.4 is 0 Å². The van der Waals surface area contributed by atoms with Crippen molar-refractivity contribution in [2.75, 3.05) is 5.88 Å². The highest BCUT2D eigenvalue weighted by Gasteiger charge is 2.21. The Balaban J connectivity index is 3.23. The predicted molar refractivity (Wildman–Crippen MR) is 75.4 cm³/mol. The molecule has 0 bridgehead atoms. The zero-order valence-electron chi connectivity index (χ0n) is 11.7. The smallest absolute Gasteiger partial charge is 0.0750 e. The molecule has 0 aliphatic carbocycles. The minimum atomic E-state index is 0.0570. The average Bonchev–Trinajstić information content (AvgIpc) is 2.55. The molecule has 1 rings (SSSR count). The Kier molecular flexibility index (Phi) is 4.42. The number of hydrogen-bond donors (Lipinski definition) is 0. The van der Waals surface area contributed by atoms with E-state index in [9.17, 15) is 0 Å². The molecule has 0 aliphatic rings. The first kappa shape index (κ1) is 14.3. The Bertz CT molecular complexity index is 408. The number of hydrogen-bond acceptors (Lipinski definition) is 1. The monoisotopic (exact) mass is 254 g/mol. The lowest BCUT2D eigenvalue weighted by Crippen LogP contribution is -2.14. The topological polar surface area (TPSA) is 17.8 Å². The summed E-state index contributed by atoms with van der Waals surface area (Å²) in [4.78, 5) is 0. The molecule has 2 nitrogen and oxygen atoms in total. The first-order chi connectivity index (χ1) is 7.75. The summed E-state index contributed by atoms with van der Waals surface area (Å²) < 4.78 is 1.87. The van der Waals surface area contributed by atoms with Crippen molar-refractivity contribution in [2.45, 2.75) is 40.0 Å². The highest BCUT2D eigenvalue weighted by Crippen LogP contribution is 2.27. The van der Waals surface area contributed by atoms with Gasteiger partial charge in [-0.25, -0.2) is 0 Å². The highest BCUT2D eigenvalue weighted by atomic mass is 35.5. The molecule has 0 unspecified atom stereocenters. The number of nitrogens with zero attached hydrogens (tertiary/aromatic N) is 2. The van der Waals surface area contributed by atoms with Crippen molar-refractivity contribution in [1.82, 2.24) is 9.78 Å². The molecule has 0 saturated heterocycles. The summed E-state index contributed by atoms with van der Waals surface area (Å²) in [7, 11) is 1.96. The van der Waals surface area contributed by atoms with Gasteiger partial charge in [0.2, 0.25) is 0 Å². The van der Waals surface area contributed by atoms with Crippen LogP contribution in [0.25, 0.3) is 6.08 Å². The van der Waals surface area contributed by atoms with Gasteiger partial charge in [-0.05, 0) is 5.92 Å². The zero-order chi connectivity index (χ0) is 13.2. The molecule has 0 aliphatic heterocycles. The second-order valence-corrected chi connectivity index (χ2v) is 6.13. The number of allylic oxidation sites excluding steroid dienone is 1. The summed E-state index contributed by atoms with van der Waals surface area (Å²) in [6, 6.07) is 0. The maximum Gasteiger partial charge on any atom is 0.0750 e. The second kappa shape index (κ2) is 5.26. The van der Waals surface area contributed by atoms with E-state index < -0.39 is 0 Å². The Hall–Kier alpha value is -0.760. The quantitative estimate of drug-likeness (QED) is 0.746. The summed E-state index contributed by atoms with van der Waals surface area (Å²) >= 11 is 5.99. The fraction of sp³-hybridized carbons (Fsp3) is 0.643. The lowest BCUT2D eigenvalue weighted by Gasteiger charge is -2.17. The number of aromatic nitrogens is 2. The van der Waals surface area contributed by atoms with Crippen LogP contribution in [0.5, 0.6) is 0 Å². The summed E-state index contributed by atoms with van der Waals surface area (Å²) in [5, 5.41) is 4.56. The van der Waals surface area contributed by atoms with Crippen molar-refractivity contribution in [3.05, 3.63) is 23.0 Å². The first-order valence-electron chi connectivity index (χ1n) is 6.06. The molecule has 0 amide bonds. The van der Waals surface area contributed by atoms with Gasteiger partial charge in [0.25, 0.3) is 0 Å². The van der Waals surface area contributed by atoms with Crippen LogP contribution in [0.1, 0.15) is 45.9 Å². The number of rotatable bonds is 3. The van der Waals surface area contributed by atoms with E-state index >= 15 is 0 Å². The maximum absolute atomic E-state index is 5.99. The number of aryl methyl sites for hydroxylation is 1. The SMILES string of the molecule is CC(C)C(=Cc1cn(C)nc1C(C)(C)C)CCl. The van der Waals surface area contributed by atoms with Crippen LogP contribution in [0.2, 0.25) is 0 Å². The van der Waals surface area contributed by atoms with Gasteiger partial charge in [0.15, 0.2) is 0 Å². The van der Waals surface area contributed by atoms with E-state index in [0.29, 0.717) is 11.8 Å². The third kappa shape index (κ3) is 3.60. The summed E-state index contributed by atoms with van der Waals surface area (Å²) in [6.45, 7) is 10.9. The van der Waals surface area contributed by atoms with Crippen molar-refractivity contribution in [3.8, 4) is 0 Å². The van der Waals surface area contributed by atoms with Gasteiger partial charge in [-0.1, -0.05) is 46.3 Å². The van der Waals surface area contributed by atoms with E-state index in [2.05, 4.69) is 52.0 Å². The van der Waals surface area contributed by atoms with Gasteiger partial charge in [0.05, 0.1) is 5.69 Å². The molecule has 0 N–H and O–H groups in total. The van der Waals surface area contributed by atoms with Gasteiger partial charge in [-0.15, -0.1) is 11.6 Å². The third-order valence-electron chi connectivity index (χ3n) is 2.80. The Morgan fingerprint density at radius 1 is 1.47 bits per heavy atom. The molecule has 1 aromatic heterocycles. The highest BCUT2D eigenvalue weighted by molar-refractivity contribution is 6.19. The average molecular weight is 255 g/mol. The molecule has 0 aromatic carbocycles. The number of halogens is 1. The van der Waals surface area contributed by atoms with Crippen LogP contribution in [0.3, 0.4) is 0 Å². The number of alkyl halides is 1. The largest absolute Gasteiger partial charge is 0.275 e. The van der Waals surface area contributed by atoms with Gasteiger partial charge < -0.3 is 0 Å². The van der Waals surface area contributed by atoms with E-state index in [0.717, 1.165) is 5.69 Å². The van der Waals surface area contributed by atoms with Gasteiger partial charge in [0, 0.05) is 30.1 Å². The zero-order valence-corrected chi connectivity index (χ0v) is 12.5. The Labute approximate surface area is 110 Å². The molecule has 0 atom stereocenters. The van der Waals surface area contributed by atoms with Crippen LogP contribution in [0.15, 0.2) is 11.8 Å². The van der Waals surface area contributed by atoms with Crippen LogP contribution in [0, 0.1) is 5.92 Å². The van der Waals surface area contributed by atoms with Gasteiger partial charge >= 0.3 is 0 Å². The molecule has 0 saturated carbocycles. The van der Waals surface area contributed by atoms with Gasteiger partial charge in [0.1, 0.15) is 0 Å². The van der Waals surface area contributed by atoms with Crippen LogP contribution in [-0.4, -0.2) is 15.7 Å². The Morgan fingerprint density at radius 2 is 2.06 bits per heavy atom. The van der Waals surface area contributed by atoms with Crippen molar-refractivity contribution >= 4 is 17.7 Å². The fourth-order valence-electron chi connectivity index (χ4n) is 1.75. The molecular weight excluding hydrogens is 232 g/mol. The molecule has 0 fully saturated rings. The van der Waals surface area contributed by atoms with Crippen LogP contribution in [0.4, 0.5) is 0 Å². The van der Waals surface area contributed by atoms with Crippen molar-refractivity contribution < 1.29 is 0 Å². The van der Waals surface area contributed by atoms with E-state index in [4.69, 9.17) is 11.6 Å². The van der Waals surface area contributed by atoms with Crippen LogP contribution in [-0.2, 0) is 12.5 Å². The predicted octanol–water partition coefficient (Wildman–Crippen LogP) is 4.00. The minimum Gasteiger partial charge on any atom is -0.275 e. The second-order valence-electron chi connectivity index (χ2n) is 5.86. The molecule has 17 heavy (non-hydrogen) atoms. The van der Waals surface area contributed by atoms with Crippen molar-refractivity contribution in [1.29, 1.82) is 0 Å². The first-order valence-corrected chi connectivity index (χ1v) is 6.59. The summed E-state index contributed by atoms with van der Waals surface area (Å²) in [6.07, 6.45) is 4.25. The fourth-order valence-corrected chi connectivity index (χ4v) is 2.14. The van der Waals surface area contributed by atoms with Crippen LogP contribution >= 0.6 is 11.6 Å². The van der Waals surface area contributed by atoms with Gasteiger partial charge in [-0.2, -0.15) is 5.10 Å². The molecule has 3 heteroatoms. The molecular formula is C14H23ClN2. The van der Waals surface area contributed by atoms with E-state index in [1.807, 2.05) is 11.7 Å². The van der Waals surface area contributed by atoms with Crippen molar-refractivity contribution in [3.63, 3.8) is 0 Å².